The minimum absolute atomic E-state index is 0. The van der Waals surface area contributed by atoms with Crippen molar-refractivity contribution in [2.75, 3.05) is 40.3 Å². The molecule has 2 rings (SSSR count). The number of likely N-dealkylation sites (N-methyl/N-ethyl adjacent to an activating group) is 2. The molecule has 0 bridgehead atoms. The van der Waals surface area contributed by atoms with E-state index >= 15 is 0 Å². The Labute approximate surface area is 163 Å². The van der Waals surface area contributed by atoms with Gasteiger partial charge in [-0.05, 0) is 26.1 Å². The van der Waals surface area contributed by atoms with Crippen molar-refractivity contribution in [3.63, 3.8) is 0 Å². The highest BCUT2D eigenvalue weighted by atomic mass is 35.5. The summed E-state index contributed by atoms with van der Waals surface area (Å²) in [6.07, 6.45) is 0.576. The molecule has 1 amide bonds. The van der Waals surface area contributed by atoms with E-state index in [2.05, 4.69) is 29.2 Å². The van der Waals surface area contributed by atoms with Crippen LogP contribution in [0.25, 0.3) is 0 Å². The second kappa shape index (κ2) is 12.8. The summed E-state index contributed by atoms with van der Waals surface area (Å²) in [7, 11) is 4.22. The molecule has 0 radical (unpaired) electrons. The molecule has 3 N–H and O–H groups in total. The Bertz CT molecular complexity index is 464. The first kappa shape index (κ1) is 25.7. The molecule has 1 aliphatic rings. The van der Waals surface area contributed by atoms with Crippen LogP contribution < -0.4 is 11.1 Å². The van der Waals surface area contributed by atoms with Crippen molar-refractivity contribution < 1.29 is 4.79 Å². The lowest BCUT2D eigenvalue weighted by atomic mass is 10.1. The number of carbonyl (C=O) groups is 1. The van der Waals surface area contributed by atoms with Crippen molar-refractivity contribution in [1.29, 1.82) is 0 Å². The number of halogens is 3. The van der Waals surface area contributed by atoms with Crippen LogP contribution in [-0.2, 0) is 11.2 Å². The second-order valence-electron chi connectivity index (χ2n) is 5.94. The molecule has 8 heteroatoms. The monoisotopic (exact) mass is 398 g/mol. The Morgan fingerprint density at radius 1 is 1.21 bits per heavy atom. The lowest BCUT2D eigenvalue weighted by Crippen LogP contribution is -2.55. The third-order valence-electron chi connectivity index (χ3n) is 4.13. The Balaban J connectivity index is 0. The normalized spacial score (nSPS) is 19.2. The van der Waals surface area contributed by atoms with Gasteiger partial charge in [0.25, 0.3) is 0 Å². The average Bonchev–Trinajstić information content (AvgIpc) is 2.49. The Kier molecular flexibility index (Phi) is 13.6. The van der Waals surface area contributed by atoms with E-state index in [0.717, 1.165) is 25.2 Å². The van der Waals surface area contributed by atoms with Gasteiger partial charge < -0.3 is 16.0 Å². The van der Waals surface area contributed by atoms with Gasteiger partial charge in [0, 0.05) is 32.2 Å². The summed E-state index contributed by atoms with van der Waals surface area (Å²) in [5, 5.41) is 2.99. The minimum Gasteiger partial charge on any atom is -0.353 e. The maximum Gasteiger partial charge on any atom is 0.237 e. The van der Waals surface area contributed by atoms with E-state index in [0.29, 0.717) is 19.0 Å². The molecule has 0 saturated carbocycles. The first-order valence-electron chi connectivity index (χ1n) is 7.52. The number of amides is 1. The maximum absolute atomic E-state index is 12.1. The Hall–Kier alpha value is -0.560. The summed E-state index contributed by atoms with van der Waals surface area (Å²) in [6, 6.07) is 9.76. The van der Waals surface area contributed by atoms with Gasteiger partial charge in [-0.2, -0.15) is 0 Å². The lowest BCUT2D eigenvalue weighted by molar-refractivity contribution is -0.122. The fourth-order valence-corrected chi connectivity index (χ4v) is 2.63. The molecular weight excluding hydrogens is 371 g/mol. The molecule has 2 atom stereocenters. The lowest BCUT2D eigenvalue weighted by Gasteiger charge is -2.37. The van der Waals surface area contributed by atoms with Crippen molar-refractivity contribution in [1.82, 2.24) is 15.1 Å². The van der Waals surface area contributed by atoms with Crippen LogP contribution in [0.1, 0.15) is 5.56 Å². The van der Waals surface area contributed by atoms with E-state index in [4.69, 9.17) is 5.73 Å². The van der Waals surface area contributed by atoms with Gasteiger partial charge >= 0.3 is 0 Å². The van der Waals surface area contributed by atoms with Crippen LogP contribution in [0.3, 0.4) is 0 Å². The van der Waals surface area contributed by atoms with Gasteiger partial charge in [-0.15, -0.1) is 37.2 Å². The fourth-order valence-electron chi connectivity index (χ4n) is 2.63. The van der Waals surface area contributed by atoms with Crippen LogP contribution in [0, 0.1) is 0 Å². The standard InChI is InChI=1S/C16H26N4O.3ClH/c1-19-8-9-20(2)14(12-19)11-18-16(21)15(17)10-13-6-4-3-5-7-13;;;/h3-7,14-15H,8-12,17H2,1-2H3,(H,18,21);3*1H. The van der Waals surface area contributed by atoms with Crippen molar-refractivity contribution in [3.05, 3.63) is 35.9 Å². The van der Waals surface area contributed by atoms with E-state index in [-0.39, 0.29) is 43.1 Å². The molecular formula is C16H29Cl3N4O. The van der Waals surface area contributed by atoms with Crippen molar-refractivity contribution in [2.45, 2.75) is 18.5 Å². The third kappa shape index (κ3) is 8.01. The summed E-state index contributed by atoms with van der Waals surface area (Å²) in [5.41, 5.74) is 7.08. The molecule has 140 valence electrons. The van der Waals surface area contributed by atoms with E-state index in [1.165, 1.54) is 0 Å². The highest BCUT2D eigenvalue weighted by molar-refractivity contribution is 5.86. The number of hydrogen-bond donors (Lipinski definition) is 2. The van der Waals surface area contributed by atoms with Crippen LogP contribution in [-0.4, -0.2) is 68.1 Å². The number of nitrogens with zero attached hydrogens (tertiary/aromatic N) is 2. The maximum atomic E-state index is 12.1. The fraction of sp³-hybridized carbons (Fsp3) is 0.562. The number of nitrogens with two attached hydrogens (primary N) is 1. The number of carbonyl (C=O) groups excluding carboxylic acids is 1. The number of piperazine rings is 1. The highest BCUT2D eigenvalue weighted by Crippen LogP contribution is 2.05. The molecule has 0 aromatic heterocycles. The third-order valence-corrected chi connectivity index (χ3v) is 4.13. The summed E-state index contributed by atoms with van der Waals surface area (Å²) < 4.78 is 0. The molecule has 1 heterocycles. The number of rotatable bonds is 5. The van der Waals surface area contributed by atoms with E-state index in [1.54, 1.807) is 0 Å². The van der Waals surface area contributed by atoms with Crippen LogP contribution in [0.4, 0.5) is 0 Å². The van der Waals surface area contributed by atoms with Gasteiger partial charge in [0.15, 0.2) is 0 Å². The minimum atomic E-state index is -0.487. The van der Waals surface area contributed by atoms with Crippen LogP contribution in [0.2, 0.25) is 0 Å². The van der Waals surface area contributed by atoms with Crippen molar-refractivity contribution >= 4 is 43.1 Å². The number of hydrogen-bond acceptors (Lipinski definition) is 4. The van der Waals surface area contributed by atoms with Gasteiger partial charge in [0.1, 0.15) is 0 Å². The predicted molar refractivity (Wildman–Crippen MR) is 107 cm³/mol. The van der Waals surface area contributed by atoms with Crippen LogP contribution in [0.15, 0.2) is 30.3 Å². The molecule has 1 aromatic carbocycles. The topological polar surface area (TPSA) is 61.6 Å². The molecule has 0 aliphatic carbocycles. The average molecular weight is 400 g/mol. The van der Waals surface area contributed by atoms with Crippen molar-refractivity contribution in [2.24, 2.45) is 5.73 Å². The van der Waals surface area contributed by atoms with Crippen LogP contribution >= 0.6 is 37.2 Å². The van der Waals surface area contributed by atoms with Gasteiger partial charge in [-0.1, -0.05) is 30.3 Å². The summed E-state index contributed by atoms with van der Waals surface area (Å²) in [6.45, 7) is 3.74. The molecule has 1 saturated heterocycles. The zero-order valence-corrected chi connectivity index (χ0v) is 16.6. The smallest absolute Gasteiger partial charge is 0.237 e. The predicted octanol–water partition coefficient (Wildman–Crippen LogP) is 1.18. The van der Waals surface area contributed by atoms with Gasteiger partial charge in [-0.3, -0.25) is 9.69 Å². The molecule has 5 nitrogen and oxygen atoms in total. The molecule has 1 aliphatic heterocycles. The zero-order chi connectivity index (χ0) is 15.2. The summed E-state index contributed by atoms with van der Waals surface area (Å²) >= 11 is 0. The van der Waals surface area contributed by atoms with E-state index in [9.17, 15) is 4.79 Å². The first-order chi connectivity index (χ1) is 10.1. The largest absolute Gasteiger partial charge is 0.353 e. The first-order valence-corrected chi connectivity index (χ1v) is 7.52. The summed E-state index contributed by atoms with van der Waals surface area (Å²) in [4.78, 5) is 16.7. The van der Waals surface area contributed by atoms with Crippen LogP contribution in [0.5, 0.6) is 0 Å². The van der Waals surface area contributed by atoms with E-state index in [1.807, 2.05) is 30.3 Å². The molecule has 2 unspecified atom stereocenters. The van der Waals surface area contributed by atoms with Gasteiger partial charge in [-0.25, -0.2) is 0 Å². The molecule has 1 fully saturated rings. The summed E-state index contributed by atoms with van der Waals surface area (Å²) in [5.74, 6) is -0.0690. The Morgan fingerprint density at radius 2 is 1.83 bits per heavy atom. The molecule has 24 heavy (non-hydrogen) atoms. The van der Waals surface area contributed by atoms with Gasteiger partial charge in [0.2, 0.25) is 5.91 Å². The number of benzene rings is 1. The zero-order valence-electron chi connectivity index (χ0n) is 14.2. The Morgan fingerprint density at radius 3 is 2.46 bits per heavy atom. The van der Waals surface area contributed by atoms with Crippen molar-refractivity contribution in [3.8, 4) is 0 Å². The highest BCUT2D eigenvalue weighted by Gasteiger charge is 2.23. The SMILES string of the molecule is CN1CCN(C)C(CNC(=O)C(N)Cc2ccccc2)C1.Cl.Cl.Cl. The number of nitrogens with one attached hydrogen (secondary N) is 1. The van der Waals surface area contributed by atoms with Gasteiger partial charge in [0.05, 0.1) is 6.04 Å². The molecule has 0 spiro atoms. The molecule has 1 aromatic rings. The van der Waals surface area contributed by atoms with E-state index < -0.39 is 6.04 Å². The second-order valence-corrected chi connectivity index (χ2v) is 5.94. The quantitative estimate of drug-likeness (QED) is 0.780.